The number of amidine groups is 1. The summed E-state index contributed by atoms with van der Waals surface area (Å²) in [5, 5.41) is 11.3. The van der Waals surface area contributed by atoms with Gasteiger partial charge in [-0.25, -0.2) is 0 Å². The summed E-state index contributed by atoms with van der Waals surface area (Å²) < 4.78 is 1.98. The quantitative estimate of drug-likeness (QED) is 0.297. The highest BCUT2D eigenvalue weighted by atomic mass is 16.4. The van der Waals surface area contributed by atoms with E-state index < -0.39 is 0 Å². The molecule has 0 aliphatic rings. The summed E-state index contributed by atoms with van der Waals surface area (Å²) >= 11 is 0. The summed E-state index contributed by atoms with van der Waals surface area (Å²) in [6, 6.07) is 4.00. The number of rotatable bonds is 2. The largest absolute Gasteiger partial charge is 0.409 e. The van der Waals surface area contributed by atoms with Gasteiger partial charge in [0.05, 0.1) is 6.54 Å². The van der Waals surface area contributed by atoms with Crippen molar-refractivity contribution in [3.8, 4) is 0 Å². The van der Waals surface area contributed by atoms with E-state index in [9.17, 15) is 0 Å². The maximum atomic E-state index is 8.37. The lowest BCUT2D eigenvalue weighted by Gasteiger charge is -2.06. The van der Waals surface area contributed by atoms with Crippen LogP contribution >= 0.6 is 0 Å². The zero-order valence-corrected chi connectivity index (χ0v) is 7.28. The van der Waals surface area contributed by atoms with Crippen LogP contribution in [0.1, 0.15) is 11.4 Å². The maximum absolute atomic E-state index is 8.37. The Hall–Kier alpha value is -1.45. The fourth-order valence-corrected chi connectivity index (χ4v) is 1.14. The molecular formula is C8H13N3O. The Balaban J connectivity index is 2.88. The molecule has 0 aliphatic carbocycles. The molecule has 1 heterocycles. The molecule has 0 saturated heterocycles. The van der Waals surface area contributed by atoms with Crippen molar-refractivity contribution in [2.75, 3.05) is 0 Å². The highest BCUT2D eigenvalue weighted by Gasteiger charge is 2.01. The predicted octanol–water partition coefficient (Wildman–Crippen LogP) is 0.851. The van der Waals surface area contributed by atoms with Gasteiger partial charge in [-0.1, -0.05) is 5.16 Å². The number of nitrogens with zero attached hydrogens (tertiary/aromatic N) is 2. The van der Waals surface area contributed by atoms with E-state index in [1.165, 1.54) is 0 Å². The molecule has 1 aromatic heterocycles. The summed E-state index contributed by atoms with van der Waals surface area (Å²) in [7, 11) is 0. The first kappa shape index (κ1) is 8.64. The van der Waals surface area contributed by atoms with E-state index in [1.807, 2.05) is 30.5 Å². The van der Waals surface area contributed by atoms with Gasteiger partial charge in [0.15, 0.2) is 5.84 Å². The number of oxime groups is 1. The zero-order valence-electron chi connectivity index (χ0n) is 7.28. The SMILES string of the molecule is Cc1ccc(C)n1C/C(N)=N/O. The Morgan fingerprint density at radius 1 is 1.50 bits per heavy atom. The molecule has 0 amide bonds. The molecule has 66 valence electrons. The molecule has 0 radical (unpaired) electrons. The smallest absolute Gasteiger partial charge is 0.159 e. The van der Waals surface area contributed by atoms with Gasteiger partial charge in [-0.15, -0.1) is 0 Å². The van der Waals surface area contributed by atoms with Crippen molar-refractivity contribution in [3.05, 3.63) is 23.5 Å². The van der Waals surface area contributed by atoms with Crippen LogP contribution in [-0.2, 0) is 6.54 Å². The first-order valence-electron chi connectivity index (χ1n) is 3.74. The molecule has 1 aromatic rings. The van der Waals surface area contributed by atoms with Gasteiger partial charge in [-0.2, -0.15) is 0 Å². The predicted molar refractivity (Wildman–Crippen MR) is 47.3 cm³/mol. The molecule has 0 aliphatic heterocycles. The third kappa shape index (κ3) is 1.58. The second-order valence-electron chi connectivity index (χ2n) is 2.79. The van der Waals surface area contributed by atoms with Crippen molar-refractivity contribution in [1.82, 2.24) is 4.57 Å². The van der Waals surface area contributed by atoms with E-state index in [1.54, 1.807) is 0 Å². The van der Waals surface area contributed by atoms with Crippen LogP contribution in [0.15, 0.2) is 17.3 Å². The molecular weight excluding hydrogens is 154 g/mol. The topological polar surface area (TPSA) is 63.5 Å². The summed E-state index contributed by atoms with van der Waals surface area (Å²) in [6.07, 6.45) is 0. The van der Waals surface area contributed by atoms with Gasteiger partial charge in [0.25, 0.3) is 0 Å². The normalized spacial score (nSPS) is 12.0. The molecule has 0 atom stereocenters. The van der Waals surface area contributed by atoms with Gasteiger partial charge < -0.3 is 15.5 Å². The van der Waals surface area contributed by atoms with E-state index in [2.05, 4.69) is 5.16 Å². The van der Waals surface area contributed by atoms with Crippen LogP contribution in [0.3, 0.4) is 0 Å². The van der Waals surface area contributed by atoms with E-state index in [-0.39, 0.29) is 5.84 Å². The van der Waals surface area contributed by atoms with E-state index in [4.69, 9.17) is 10.9 Å². The van der Waals surface area contributed by atoms with Crippen molar-refractivity contribution < 1.29 is 5.21 Å². The van der Waals surface area contributed by atoms with Gasteiger partial charge in [0, 0.05) is 11.4 Å². The third-order valence-corrected chi connectivity index (χ3v) is 1.87. The minimum absolute atomic E-state index is 0.220. The average molecular weight is 167 g/mol. The fraction of sp³-hybridized carbons (Fsp3) is 0.375. The second-order valence-corrected chi connectivity index (χ2v) is 2.79. The van der Waals surface area contributed by atoms with Crippen molar-refractivity contribution in [1.29, 1.82) is 0 Å². The number of aromatic nitrogens is 1. The number of nitrogens with two attached hydrogens (primary N) is 1. The zero-order chi connectivity index (χ0) is 9.14. The van der Waals surface area contributed by atoms with Crippen LogP contribution in [0.4, 0.5) is 0 Å². The highest BCUT2D eigenvalue weighted by molar-refractivity contribution is 5.79. The molecule has 12 heavy (non-hydrogen) atoms. The summed E-state index contributed by atoms with van der Waals surface area (Å²) in [5.74, 6) is 0.220. The molecule has 0 fully saturated rings. The number of hydrogen-bond donors (Lipinski definition) is 2. The van der Waals surface area contributed by atoms with Gasteiger partial charge in [0.2, 0.25) is 0 Å². The number of aryl methyl sites for hydroxylation is 2. The summed E-state index contributed by atoms with van der Waals surface area (Å²) in [6.45, 7) is 4.41. The van der Waals surface area contributed by atoms with Crippen molar-refractivity contribution in [3.63, 3.8) is 0 Å². The minimum Gasteiger partial charge on any atom is -0.409 e. The molecule has 1 rings (SSSR count). The lowest BCUT2D eigenvalue weighted by Crippen LogP contribution is -2.20. The second kappa shape index (κ2) is 3.30. The maximum Gasteiger partial charge on any atom is 0.159 e. The Bertz CT molecular complexity index is 282. The third-order valence-electron chi connectivity index (χ3n) is 1.87. The lowest BCUT2D eigenvalue weighted by molar-refractivity contribution is 0.316. The van der Waals surface area contributed by atoms with Crippen LogP contribution in [0.2, 0.25) is 0 Å². The number of hydrogen-bond acceptors (Lipinski definition) is 2. The molecule has 0 saturated carbocycles. The van der Waals surface area contributed by atoms with Gasteiger partial charge in [0.1, 0.15) is 0 Å². The van der Waals surface area contributed by atoms with Crippen LogP contribution in [0.5, 0.6) is 0 Å². The van der Waals surface area contributed by atoms with Crippen molar-refractivity contribution in [2.24, 2.45) is 10.9 Å². The van der Waals surface area contributed by atoms with Crippen molar-refractivity contribution >= 4 is 5.84 Å². The van der Waals surface area contributed by atoms with Crippen LogP contribution < -0.4 is 5.73 Å². The van der Waals surface area contributed by atoms with Crippen LogP contribution in [-0.4, -0.2) is 15.6 Å². The van der Waals surface area contributed by atoms with E-state index in [0.717, 1.165) is 11.4 Å². The van der Waals surface area contributed by atoms with Crippen LogP contribution in [0, 0.1) is 13.8 Å². The molecule has 0 bridgehead atoms. The van der Waals surface area contributed by atoms with E-state index >= 15 is 0 Å². The Labute approximate surface area is 71.3 Å². The van der Waals surface area contributed by atoms with Gasteiger partial charge in [-0.05, 0) is 26.0 Å². The fourth-order valence-electron chi connectivity index (χ4n) is 1.14. The molecule has 4 nitrogen and oxygen atoms in total. The van der Waals surface area contributed by atoms with Gasteiger partial charge >= 0.3 is 0 Å². The lowest BCUT2D eigenvalue weighted by atomic mass is 10.5. The monoisotopic (exact) mass is 167 g/mol. The Morgan fingerprint density at radius 2 is 2.00 bits per heavy atom. The van der Waals surface area contributed by atoms with Gasteiger partial charge in [-0.3, -0.25) is 0 Å². The standard InChI is InChI=1S/C8H13N3O/c1-6-3-4-7(2)11(6)5-8(9)10-12/h3-4,12H,5H2,1-2H3,(H2,9,10). The minimum atomic E-state index is 0.220. The molecule has 3 N–H and O–H groups in total. The summed E-state index contributed by atoms with van der Waals surface area (Å²) in [4.78, 5) is 0. The summed E-state index contributed by atoms with van der Waals surface area (Å²) in [5.41, 5.74) is 7.60. The molecule has 0 spiro atoms. The Kier molecular flexibility index (Phi) is 2.38. The van der Waals surface area contributed by atoms with E-state index in [0.29, 0.717) is 6.54 Å². The highest BCUT2D eigenvalue weighted by Crippen LogP contribution is 2.05. The first-order chi connectivity index (χ1) is 5.65. The van der Waals surface area contributed by atoms with Crippen molar-refractivity contribution in [2.45, 2.75) is 20.4 Å². The first-order valence-corrected chi connectivity index (χ1v) is 3.74. The molecule has 4 heteroatoms. The average Bonchev–Trinajstić information content (AvgIpc) is 2.35. The molecule has 0 aromatic carbocycles. The Morgan fingerprint density at radius 3 is 2.42 bits per heavy atom. The van der Waals surface area contributed by atoms with Crippen LogP contribution in [0.25, 0.3) is 0 Å². The molecule has 0 unspecified atom stereocenters.